The van der Waals surface area contributed by atoms with Gasteiger partial charge < -0.3 is 4.90 Å². The Morgan fingerprint density at radius 2 is 1.84 bits per heavy atom. The fourth-order valence-corrected chi connectivity index (χ4v) is 4.12. The quantitative estimate of drug-likeness (QED) is 0.882. The van der Waals surface area contributed by atoms with Gasteiger partial charge in [-0.25, -0.2) is 8.42 Å². The van der Waals surface area contributed by atoms with E-state index in [0.29, 0.717) is 16.3 Å². The van der Waals surface area contributed by atoms with Crippen LogP contribution < -0.4 is 4.72 Å². The third kappa shape index (κ3) is 3.96. The highest BCUT2D eigenvalue weighted by molar-refractivity contribution is 7.92. The van der Waals surface area contributed by atoms with E-state index < -0.39 is 10.0 Å². The van der Waals surface area contributed by atoms with Crippen molar-refractivity contribution in [1.29, 1.82) is 0 Å². The average molecular weight is 379 g/mol. The summed E-state index contributed by atoms with van der Waals surface area (Å²) in [6.45, 7) is 3.25. The van der Waals surface area contributed by atoms with Crippen LogP contribution >= 0.6 is 11.6 Å². The standard InChI is InChI=1S/C18H19ClN2O3S/c1-13-7-8-16(12-17(13)18(22)21-9-2-3-10-21)25(23,24)20-15-6-4-5-14(19)11-15/h4-8,11-12,20H,2-3,9-10H2,1H3. The number of nitrogens with zero attached hydrogens (tertiary/aromatic N) is 1. The zero-order valence-corrected chi connectivity index (χ0v) is 15.4. The van der Waals surface area contributed by atoms with Crippen molar-refractivity contribution in [2.75, 3.05) is 17.8 Å². The maximum atomic E-state index is 12.6. The van der Waals surface area contributed by atoms with Gasteiger partial charge in [-0.2, -0.15) is 0 Å². The Kier molecular flexibility index (Phi) is 5.01. The first-order valence-electron chi connectivity index (χ1n) is 8.05. The van der Waals surface area contributed by atoms with E-state index in [4.69, 9.17) is 11.6 Å². The zero-order valence-electron chi connectivity index (χ0n) is 13.8. The van der Waals surface area contributed by atoms with Gasteiger partial charge in [0.15, 0.2) is 0 Å². The summed E-state index contributed by atoms with van der Waals surface area (Å²) in [4.78, 5) is 14.5. The van der Waals surface area contributed by atoms with Gasteiger partial charge in [-0.15, -0.1) is 0 Å². The highest BCUT2D eigenvalue weighted by Crippen LogP contribution is 2.23. The van der Waals surface area contributed by atoms with E-state index in [9.17, 15) is 13.2 Å². The molecular formula is C18H19ClN2O3S. The minimum Gasteiger partial charge on any atom is -0.339 e. The minimum absolute atomic E-state index is 0.0561. The molecule has 0 atom stereocenters. The molecule has 0 saturated carbocycles. The molecule has 1 heterocycles. The Morgan fingerprint density at radius 1 is 1.12 bits per heavy atom. The van der Waals surface area contributed by atoms with E-state index >= 15 is 0 Å². The van der Waals surface area contributed by atoms with Crippen molar-refractivity contribution >= 4 is 33.2 Å². The normalized spacial score (nSPS) is 14.6. The Labute approximate surface area is 152 Å². The van der Waals surface area contributed by atoms with Gasteiger partial charge in [-0.3, -0.25) is 9.52 Å². The molecule has 0 aromatic heterocycles. The summed E-state index contributed by atoms with van der Waals surface area (Å²) in [5.74, 6) is -0.116. The molecule has 0 radical (unpaired) electrons. The van der Waals surface area contributed by atoms with E-state index in [0.717, 1.165) is 31.5 Å². The Bertz CT molecular complexity index is 906. The van der Waals surface area contributed by atoms with Crippen LogP contribution in [0, 0.1) is 6.92 Å². The number of hydrogen-bond donors (Lipinski definition) is 1. The fourth-order valence-electron chi connectivity index (χ4n) is 2.86. The number of rotatable bonds is 4. The zero-order chi connectivity index (χ0) is 18.0. The average Bonchev–Trinajstić information content (AvgIpc) is 3.08. The molecule has 2 aromatic carbocycles. The van der Waals surface area contributed by atoms with Gasteiger partial charge in [-0.1, -0.05) is 23.7 Å². The van der Waals surface area contributed by atoms with Gasteiger partial charge in [-0.05, 0) is 55.7 Å². The van der Waals surface area contributed by atoms with Crippen molar-refractivity contribution in [3.8, 4) is 0 Å². The second-order valence-corrected chi connectivity index (χ2v) is 8.21. The van der Waals surface area contributed by atoms with Crippen LogP contribution in [0.15, 0.2) is 47.4 Å². The number of nitrogens with one attached hydrogen (secondary N) is 1. The summed E-state index contributed by atoms with van der Waals surface area (Å²) in [5, 5.41) is 0.439. The molecule has 1 saturated heterocycles. The molecule has 132 valence electrons. The van der Waals surface area contributed by atoms with Crippen molar-refractivity contribution < 1.29 is 13.2 Å². The summed E-state index contributed by atoms with van der Waals surface area (Å²) in [7, 11) is -3.81. The first kappa shape index (κ1) is 17.8. The maximum absolute atomic E-state index is 12.6. The molecule has 2 aromatic rings. The number of anilines is 1. The lowest BCUT2D eigenvalue weighted by atomic mass is 10.1. The molecule has 0 spiro atoms. The monoisotopic (exact) mass is 378 g/mol. The van der Waals surface area contributed by atoms with Gasteiger partial charge in [0.25, 0.3) is 15.9 Å². The van der Waals surface area contributed by atoms with Crippen LogP contribution in [0.5, 0.6) is 0 Å². The summed E-state index contributed by atoms with van der Waals surface area (Å²) in [5.41, 5.74) is 1.56. The lowest BCUT2D eigenvalue weighted by Gasteiger charge is -2.17. The number of amides is 1. The van der Waals surface area contributed by atoms with Crippen LogP contribution in [0.4, 0.5) is 5.69 Å². The number of sulfonamides is 1. The van der Waals surface area contributed by atoms with Crippen LogP contribution in [0.2, 0.25) is 5.02 Å². The second kappa shape index (κ2) is 7.06. The number of halogens is 1. The van der Waals surface area contributed by atoms with E-state index in [-0.39, 0.29) is 10.8 Å². The van der Waals surface area contributed by atoms with Crippen molar-refractivity contribution in [1.82, 2.24) is 4.90 Å². The van der Waals surface area contributed by atoms with Gasteiger partial charge in [0, 0.05) is 23.7 Å². The Morgan fingerprint density at radius 3 is 2.52 bits per heavy atom. The molecule has 1 fully saturated rings. The van der Waals surface area contributed by atoms with Crippen LogP contribution in [-0.2, 0) is 10.0 Å². The minimum atomic E-state index is -3.81. The van der Waals surface area contributed by atoms with Gasteiger partial charge in [0.1, 0.15) is 0 Å². The number of benzene rings is 2. The topological polar surface area (TPSA) is 66.5 Å². The molecule has 7 heteroatoms. The van der Waals surface area contributed by atoms with Crippen molar-refractivity contribution in [2.45, 2.75) is 24.7 Å². The van der Waals surface area contributed by atoms with Crippen LogP contribution in [-0.4, -0.2) is 32.3 Å². The molecule has 1 aliphatic heterocycles. The molecule has 0 aliphatic carbocycles. The number of carbonyl (C=O) groups excluding carboxylic acids is 1. The predicted molar refractivity (Wildman–Crippen MR) is 98.6 cm³/mol. The van der Waals surface area contributed by atoms with Gasteiger partial charge in [0.2, 0.25) is 0 Å². The molecule has 1 N–H and O–H groups in total. The summed E-state index contributed by atoms with van der Waals surface area (Å²) in [6, 6.07) is 11.1. The van der Waals surface area contributed by atoms with Crippen molar-refractivity contribution in [3.05, 3.63) is 58.6 Å². The van der Waals surface area contributed by atoms with Crippen LogP contribution in [0.3, 0.4) is 0 Å². The molecule has 1 amide bonds. The fraction of sp³-hybridized carbons (Fsp3) is 0.278. The Hall–Kier alpha value is -2.05. The first-order valence-corrected chi connectivity index (χ1v) is 9.91. The molecule has 5 nitrogen and oxygen atoms in total. The molecule has 3 rings (SSSR count). The van der Waals surface area contributed by atoms with Gasteiger partial charge in [0.05, 0.1) is 10.6 Å². The van der Waals surface area contributed by atoms with Crippen LogP contribution in [0.25, 0.3) is 0 Å². The third-order valence-electron chi connectivity index (χ3n) is 4.22. The predicted octanol–water partition coefficient (Wildman–Crippen LogP) is 3.69. The van der Waals surface area contributed by atoms with Crippen LogP contribution in [0.1, 0.15) is 28.8 Å². The summed E-state index contributed by atoms with van der Waals surface area (Å²) >= 11 is 5.89. The second-order valence-electron chi connectivity index (χ2n) is 6.09. The summed E-state index contributed by atoms with van der Waals surface area (Å²) < 4.78 is 27.8. The van der Waals surface area contributed by atoms with E-state index in [1.807, 2.05) is 6.92 Å². The Balaban J connectivity index is 1.91. The van der Waals surface area contributed by atoms with E-state index in [1.54, 1.807) is 29.2 Å². The molecule has 1 aliphatic rings. The van der Waals surface area contributed by atoms with Crippen molar-refractivity contribution in [2.24, 2.45) is 0 Å². The van der Waals surface area contributed by atoms with Crippen molar-refractivity contribution in [3.63, 3.8) is 0 Å². The molecule has 0 bridgehead atoms. The smallest absolute Gasteiger partial charge is 0.261 e. The number of hydrogen-bond acceptors (Lipinski definition) is 3. The molecule has 0 unspecified atom stereocenters. The lowest BCUT2D eigenvalue weighted by Crippen LogP contribution is -2.28. The first-order chi connectivity index (χ1) is 11.9. The highest BCUT2D eigenvalue weighted by atomic mass is 35.5. The van der Waals surface area contributed by atoms with E-state index in [2.05, 4.69) is 4.72 Å². The number of carbonyl (C=O) groups is 1. The molecular weight excluding hydrogens is 360 g/mol. The maximum Gasteiger partial charge on any atom is 0.261 e. The number of aryl methyl sites for hydroxylation is 1. The SMILES string of the molecule is Cc1ccc(S(=O)(=O)Nc2cccc(Cl)c2)cc1C(=O)N1CCCC1. The lowest BCUT2D eigenvalue weighted by molar-refractivity contribution is 0.0792. The molecule has 25 heavy (non-hydrogen) atoms. The highest BCUT2D eigenvalue weighted by Gasteiger charge is 2.23. The van der Waals surface area contributed by atoms with E-state index in [1.165, 1.54) is 18.2 Å². The number of likely N-dealkylation sites (tertiary alicyclic amines) is 1. The largest absolute Gasteiger partial charge is 0.339 e. The summed E-state index contributed by atoms with van der Waals surface area (Å²) in [6.07, 6.45) is 1.97. The third-order valence-corrected chi connectivity index (χ3v) is 5.83. The van der Waals surface area contributed by atoms with Gasteiger partial charge >= 0.3 is 0 Å².